The van der Waals surface area contributed by atoms with E-state index in [1.165, 1.54) is 0 Å². The van der Waals surface area contributed by atoms with Gasteiger partial charge in [-0.1, -0.05) is 5.11 Å². The van der Waals surface area contributed by atoms with E-state index in [1.54, 1.807) is 0 Å². The lowest BCUT2D eigenvalue weighted by molar-refractivity contribution is -0.103. The number of aliphatic hydroxyl groups is 2. The number of ether oxygens (including phenoxy) is 1. The van der Waals surface area contributed by atoms with Gasteiger partial charge in [0.05, 0.1) is 19.3 Å². The molecule has 0 saturated carbocycles. The van der Waals surface area contributed by atoms with E-state index in [9.17, 15) is 19.6 Å². The highest BCUT2D eigenvalue weighted by molar-refractivity contribution is 7.46. The van der Waals surface area contributed by atoms with Crippen molar-refractivity contribution in [1.29, 1.82) is 0 Å². The van der Waals surface area contributed by atoms with Crippen LogP contribution in [-0.2, 0) is 13.8 Å². The molecule has 1 fully saturated rings. The summed E-state index contributed by atoms with van der Waals surface area (Å²) in [5, 5.41) is 24.0. The molecule has 16 heteroatoms. The molecule has 0 bridgehead atoms. The van der Waals surface area contributed by atoms with E-state index in [0.29, 0.717) is 0 Å². The summed E-state index contributed by atoms with van der Waals surface area (Å²) in [4.78, 5) is 41.7. The van der Waals surface area contributed by atoms with E-state index in [1.807, 2.05) is 0 Å². The van der Waals surface area contributed by atoms with Crippen LogP contribution in [0.25, 0.3) is 21.6 Å². The monoisotopic (exact) mass is 389 g/mol. The van der Waals surface area contributed by atoms with Crippen LogP contribution in [-0.4, -0.2) is 64.1 Å². The molecule has 1 saturated heterocycles. The van der Waals surface area contributed by atoms with Crippen LogP contribution in [0.3, 0.4) is 0 Å². The average Bonchev–Trinajstić information content (AvgIpc) is 3.07. The van der Waals surface area contributed by atoms with Crippen LogP contribution in [0.1, 0.15) is 6.23 Å². The Labute approximate surface area is 142 Å². The number of imidazole rings is 1. The van der Waals surface area contributed by atoms with Gasteiger partial charge in [-0.2, -0.15) is 0 Å². The van der Waals surface area contributed by atoms with Gasteiger partial charge in [-0.3, -0.25) is 13.9 Å². The molecule has 0 spiro atoms. The SMILES string of the molecule is [N-]=[N+]=N[C@@]1(O)[C@H](O)[C@@H](COP(=O)(O)O)O[C@H]1n1cnc2c(=O)[nH]cnc21. The van der Waals surface area contributed by atoms with Crippen molar-refractivity contribution in [2.75, 3.05) is 6.61 Å². The number of hydrogen-bond acceptors (Lipinski definition) is 9. The number of nitrogens with zero attached hydrogens (tertiary/aromatic N) is 6. The normalized spacial score (nSPS) is 29.0. The van der Waals surface area contributed by atoms with Gasteiger partial charge in [0.15, 0.2) is 17.4 Å². The summed E-state index contributed by atoms with van der Waals surface area (Å²) in [7, 11) is -4.88. The van der Waals surface area contributed by atoms with Crippen LogP contribution in [0, 0.1) is 0 Å². The van der Waals surface area contributed by atoms with Crippen molar-refractivity contribution >= 4 is 19.0 Å². The molecule has 3 heterocycles. The van der Waals surface area contributed by atoms with Gasteiger partial charge in [-0.15, -0.1) is 0 Å². The van der Waals surface area contributed by atoms with Crippen LogP contribution in [0.15, 0.2) is 22.6 Å². The predicted molar refractivity (Wildman–Crippen MR) is 80.2 cm³/mol. The number of aliphatic hydroxyl groups excluding tert-OH is 1. The summed E-state index contributed by atoms with van der Waals surface area (Å²) >= 11 is 0. The Morgan fingerprint density at radius 3 is 2.92 bits per heavy atom. The van der Waals surface area contributed by atoms with E-state index in [0.717, 1.165) is 17.2 Å². The number of aromatic nitrogens is 4. The second-order valence-corrected chi connectivity index (χ2v) is 6.53. The Kier molecular flexibility index (Phi) is 4.56. The predicted octanol–water partition coefficient (Wildman–Crippen LogP) is -1.51. The number of phosphoric acid groups is 1. The molecule has 2 aromatic rings. The molecular weight excluding hydrogens is 377 g/mol. The molecule has 2 aromatic heterocycles. The molecule has 15 nitrogen and oxygen atoms in total. The molecule has 140 valence electrons. The number of fused-ring (bicyclic) bond motifs is 1. The largest absolute Gasteiger partial charge is 0.469 e. The average molecular weight is 389 g/mol. The van der Waals surface area contributed by atoms with Crippen LogP contribution >= 0.6 is 7.82 Å². The van der Waals surface area contributed by atoms with Gasteiger partial charge in [0.2, 0.25) is 5.72 Å². The third-order valence-electron chi connectivity index (χ3n) is 3.68. The Bertz CT molecular complexity index is 979. The molecule has 26 heavy (non-hydrogen) atoms. The van der Waals surface area contributed by atoms with E-state index in [2.05, 4.69) is 29.5 Å². The van der Waals surface area contributed by atoms with E-state index in [4.69, 9.17) is 20.1 Å². The molecule has 0 unspecified atom stereocenters. The molecule has 0 aromatic carbocycles. The zero-order chi connectivity index (χ0) is 19.1. The second-order valence-electron chi connectivity index (χ2n) is 5.29. The number of phosphoric ester groups is 1. The fourth-order valence-electron chi connectivity index (χ4n) is 2.55. The van der Waals surface area contributed by atoms with Crippen LogP contribution in [0.4, 0.5) is 0 Å². The van der Waals surface area contributed by atoms with Crippen LogP contribution in [0.2, 0.25) is 0 Å². The molecule has 1 aliphatic heterocycles. The summed E-state index contributed by atoms with van der Waals surface area (Å²) in [5.74, 6) is 0. The van der Waals surface area contributed by atoms with E-state index in [-0.39, 0.29) is 11.2 Å². The molecular formula is C10H12N7O8P. The van der Waals surface area contributed by atoms with Gasteiger partial charge in [0, 0.05) is 4.91 Å². The lowest BCUT2D eigenvalue weighted by atomic mass is 10.0. The summed E-state index contributed by atoms with van der Waals surface area (Å²) in [6, 6.07) is 0. The highest BCUT2D eigenvalue weighted by Gasteiger charge is 2.57. The number of aromatic amines is 1. The third-order valence-corrected chi connectivity index (χ3v) is 4.17. The van der Waals surface area contributed by atoms with Gasteiger partial charge in [-0.05, 0) is 5.53 Å². The number of azide groups is 1. The topological polar surface area (TPSA) is 229 Å². The molecule has 5 N–H and O–H groups in total. The Hall–Kier alpha value is -2.35. The van der Waals surface area contributed by atoms with Crippen LogP contribution in [0.5, 0.6) is 0 Å². The quantitative estimate of drug-likeness (QED) is 0.172. The fourth-order valence-corrected chi connectivity index (χ4v) is 2.89. The maximum atomic E-state index is 11.7. The van der Waals surface area contributed by atoms with E-state index >= 15 is 0 Å². The standard InChI is InChI=1S/C10H12N7O8P/c11-16-15-10(20)6(18)4(1-24-26(21,22)23)25-9(10)17-3-14-5-7(17)12-2-13-8(5)19/h2-4,6,9,18,20H,1H2,(H,12,13,19)(H2,21,22,23)/t4-,6-,9-,10-/m1/s1. The molecule has 1 aliphatic rings. The van der Waals surface area contributed by atoms with Crippen molar-refractivity contribution in [3.63, 3.8) is 0 Å². The zero-order valence-electron chi connectivity index (χ0n) is 12.6. The zero-order valence-corrected chi connectivity index (χ0v) is 13.5. The fraction of sp³-hybridized carbons (Fsp3) is 0.500. The third kappa shape index (κ3) is 3.09. The Morgan fingerprint density at radius 1 is 1.54 bits per heavy atom. The molecule has 0 aliphatic carbocycles. The summed E-state index contributed by atoms with van der Waals surface area (Å²) in [5.41, 5.74) is 5.38. The number of hydrogen-bond donors (Lipinski definition) is 5. The van der Waals surface area contributed by atoms with Gasteiger partial charge in [0.25, 0.3) is 5.56 Å². The Balaban J connectivity index is 2.03. The first kappa shape index (κ1) is 18.4. The number of nitrogens with one attached hydrogen (secondary N) is 1. The van der Waals surface area contributed by atoms with Crippen molar-refractivity contribution in [3.8, 4) is 0 Å². The highest BCUT2D eigenvalue weighted by atomic mass is 31.2. The van der Waals surface area contributed by atoms with E-state index < -0.39 is 44.1 Å². The Morgan fingerprint density at radius 2 is 2.27 bits per heavy atom. The summed E-state index contributed by atoms with van der Waals surface area (Å²) in [6.07, 6.45) is -2.85. The lowest BCUT2D eigenvalue weighted by Gasteiger charge is -2.26. The molecule has 3 rings (SSSR count). The van der Waals surface area contributed by atoms with Gasteiger partial charge < -0.3 is 29.7 Å². The van der Waals surface area contributed by atoms with Gasteiger partial charge in [0.1, 0.15) is 12.2 Å². The van der Waals surface area contributed by atoms with Gasteiger partial charge in [-0.25, -0.2) is 14.5 Å². The minimum atomic E-state index is -4.88. The highest BCUT2D eigenvalue weighted by Crippen LogP contribution is 2.43. The molecule has 0 radical (unpaired) electrons. The first-order chi connectivity index (χ1) is 12.2. The number of rotatable bonds is 5. The van der Waals surface area contributed by atoms with Crippen molar-refractivity contribution in [1.82, 2.24) is 19.5 Å². The molecule has 0 amide bonds. The minimum Gasteiger partial charge on any atom is -0.387 e. The van der Waals surface area contributed by atoms with Crippen molar-refractivity contribution < 1.29 is 33.8 Å². The number of H-pyrrole nitrogens is 1. The van der Waals surface area contributed by atoms with Crippen molar-refractivity contribution in [2.45, 2.75) is 24.2 Å². The minimum absolute atomic E-state index is 0.0472. The van der Waals surface area contributed by atoms with Gasteiger partial charge >= 0.3 is 7.82 Å². The lowest BCUT2D eigenvalue weighted by Crippen LogP contribution is -2.45. The molecule has 4 atom stereocenters. The first-order valence-corrected chi connectivity index (χ1v) is 8.43. The summed E-state index contributed by atoms with van der Waals surface area (Å²) in [6.45, 7) is -0.814. The maximum Gasteiger partial charge on any atom is 0.469 e. The second kappa shape index (κ2) is 6.42. The summed E-state index contributed by atoms with van der Waals surface area (Å²) < 4.78 is 21.5. The smallest absolute Gasteiger partial charge is 0.387 e. The van der Waals surface area contributed by atoms with Crippen molar-refractivity contribution in [3.05, 3.63) is 33.5 Å². The maximum absolute atomic E-state index is 11.7. The van der Waals surface area contributed by atoms with Crippen molar-refractivity contribution in [2.24, 2.45) is 5.11 Å². The van der Waals surface area contributed by atoms with Crippen LogP contribution < -0.4 is 5.56 Å². The first-order valence-electron chi connectivity index (χ1n) is 6.90.